The summed E-state index contributed by atoms with van der Waals surface area (Å²) >= 11 is 0. The molecule has 1 aromatic heterocycles. The Balaban J connectivity index is 2.30. The van der Waals surface area contributed by atoms with Gasteiger partial charge in [-0.05, 0) is 25.5 Å². The minimum absolute atomic E-state index is 0.323. The Hall–Kier alpha value is -2.41. The molecule has 0 saturated carbocycles. The summed E-state index contributed by atoms with van der Waals surface area (Å²) in [6.45, 7) is 3.56. The van der Waals surface area contributed by atoms with E-state index in [1.54, 1.807) is 13.0 Å². The van der Waals surface area contributed by atoms with Gasteiger partial charge in [-0.1, -0.05) is 31.2 Å². The van der Waals surface area contributed by atoms with Gasteiger partial charge in [0.25, 0.3) is 5.91 Å². The second-order valence-corrected chi connectivity index (χ2v) is 4.64. The van der Waals surface area contributed by atoms with Gasteiger partial charge < -0.3 is 5.32 Å². The average molecular weight is 253 g/mol. The van der Waals surface area contributed by atoms with E-state index in [0.717, 1.165) is 10.9 Å². The van der Waals surface area contributed by atoms with Crippen LogP contribution in [0.5, 0.6) is 0 Å². The molecule has 0 aliphatic carbocycles. The molecule has 19 heavy (non-hydrogen) atoms. The minimum Gasteiger partial charge on any atom is -0.333 e. The van der Waals surface area contributed by atoms with Gasteiger partial charge >= 0.3 is 0 Å². The zero-order valence-corrected chi connectivity index (χ0v) is 11.0. The lowest BCUT2D eigenvalue weighted by molar-refractivity contribution is 0.0918. The lowest BCUT2D eigenvalue weighted by Crippen LogP contribution is -2.44. The summed E-state index contributed by atoms with van der Waals surface area (Å²) in [5.74, 6) is -0.323. The van der Waals surface area contributed by atoms with Gasteiger partial charge in [0.2, 0.25) is 0 Å². The van der Waals surface area contributed by atoms with Crippen LogP contribution in [0.25, 0.3) is 10.9 Å². The van der Waals surface area contributed by atoms with Crippen molar-refractivity contribution in [3.63, 3.8) is 0 Å². The van der Waals surface area contributed by atoms with E-state index in [2.05, 4.69) is 16.4 Å². The minimum atomic E-state index is -0.857. The third-order valence-electron chi connectivity index (χ3n) is 3.17. The van der Waals surface area contributed by atoms with E-state index in [-0.39, 0.29) is 5.91 Å². The summed E-state index contributed by atoms with van der Waals surface area (Å²) in [6, 6.07) is 13.2. The quantitative estimate of drug-likeness (QED) is 0.914. The van der Waals surface area contributed by atoms with E-state index in [1.807, 2.05) is 37.3 Å². The third-order valence-corrected chi connectivity index (χ3v) is 3.17. The molecule has 1 amide bonds. The molecule has 0 aliphatic heterocycles. The van der Waals surface area contributed by atoms with Crippen LogP contribution in [-0.4, -0.2) is 16.4 Å². The Kier molecular flexibility index (Phi) is 3.48. The monoisotopic (exact) mass is 253 g/mol. The lowest BCUT2D eigenvalue weighted by atomic mass is 10.0. The number of nitrogens with one attached hydrogen (secondary N) is 1. The number of hydrogen-bond donors (Lipinski definition) is 1. The Labute approximate surface area is 112 Å². The first-order chi connectivity index (χ1) is 9.08. The number of pyridine rings is 1. The smallest absolute Gasteiger partial charge is 0.271 e. The van der Waals surface area contributed by atoms with Crippen molar-refractivity contribution in [2.24, 2.45) is 0 Å². The molecule has 0 fully saturated rings. The van der Waals surface area contributed by atoms with E-state index >= 15 is 0 Å². The first-order valence-corrected chi connectivity index (χ1v) is 6.17. The second-order valence-electron chi connectivity index (χ2n) is 4.64. The lowest BCUT2D eigenvalue weighted by Gasteiger charge is -2.20. The van der Waals surface area contributed by atoms with Crippen molar-refractivity contribution in [2.45, 2.75) is 25.8 Å². The molecule has 96 valence electrons. The molecule has 0 aliphatic rings. The summed E-state index contributed by atoms with van der Waals surface area (Å²) in [5.41, 5.74) is 0.239. The predicted octanol–water partition coefficient (Wildman–Crippen LogP) is 2.66. The Morgan fingerprint density at radius 1 is 1.37 bits per heavy atom. The van der Waals surface area contributed by atoms with Gasteiger partial charge in [-0.15, -0.1) is 0 Å². The fourth-order valence-electron chi connectivity index (χ4n) is 1.70. The third kappa shape index (κ3) is 2.71. The largest absolute Gasteiger partial charge is 0.333 e. The predicted molar refractivity (Wildman–Crippen MR) is 73.5 cm³/mol. The van der Waals surface area contributed by atoms with Crippen LogP contribution >= 0.6 is 0 Å². The van der Waals surface area contributed by atoms with Gasteiger partial charge in [-0.25, -0.2) is 4.98 Å². The highest BCUT2D eigenvalue weighted by molar-refractivity contribution is 5.95. The van der Waals surface area contributed by atoms with Crippen LogP contribution in [0.1, 0.15) is 30.8 Å². The molecule has 0 unspecified atom stereocenters. The summed E-state index contributed by atoms with van der Waals surface area (Å²) in [7, 11) is 0. The van der Waals surface area contributed by atoms with Gasteiger partial charge in [0, 0.05) is 5.39 Å². The molecule has 0 bridgehead atoms. The number of carbonyl (C=O) groups excluding carboxylic acids is 1. The Bertz CT molecular complexity index is 660. The first kappa shape index (κ1) is 13.0. The SMILES string of the molecule is CC[C@](C)(C#N)NC(=O)c1ccc2ccccc2n1. The van der Waals surface area contributed by atoms with E-state index in [9.17, 15) is 4.79 Å². The fourth-order valence-corrected chi connectivity index (χ4v) is 1.70. The number of aromatic nitrogens is 1. The first-order valence-electron chi connectivity index (χ1n) is 6.17. The number of para-hydroxylation sites is 1. The summed E-state index contributed by atoms with van der Waals surface area (Å²) in [4.78, 5) is 16.4. The zero-order chi connectivity index (χ0) is 13.9. The molecule has 0 radical (unpaired) electrons. The highest BCUT2D eigenvalue weighted by Gasteiger charge is 2.24. The molecule has 2 aromatic rings. The standard InChI is InChI=1S/C15H15N3O/c1-3-15(2,10-16)18-14(19)13-9-8-11-6-4-5-7-12(11)17-13/h4-9H,3H2,1-2H3,(H,18,19)/t15-/m1/s1. The average Bonchev–Trinajstić information content (AvgIpc) is 2.46. The Morgan fingerprint density at radius 3 is 2.79 bits per heavy atom. The van der Waals surface area contributed by atoms with E-state index in [4.69, 9.17) is 5.26 Å². The summed E-state index contributed by atoms with van der Waals surface area (Å²) in [6.07, 6.45) is 0.544. The number of nitriles is 1. The zero-order valence-electron chi connectivity index (χ0n) is 11.0. The van der Waals surface area contributed by atoms with Crippen LogP contribution in [0, 0.1) is 11.3 Å². The molecule has 1 aromatic carbocycles. The maximum Gasteiger partial charge on any atom is 0.271 e. The second kappa shape index (κ2) is 5.07. The van der Waals surface area contributed by atoms with Crippen LogP contribution in [0.3, 0.4) is 0 Å². The molecule has 1 N–H and O–H groups in total. The van der Waals surface area contributed by atoms with E-state index in [1.165, 1.54) is 0 Å². The van der Waals surface area contributed by atoms with Crippen LogP contribution < -0.4 is 5.32 Å². The number of rotatable bonds is 3. The number of hydrogen-bond acceptors (Lipinski definition) is 3. The van der Waals surface area contributed by atoms with Crippen LogP contribution in [0.4, 0.5) is 0 Å². The van der Waals surface area contributed by atoms with Crippen molar-refractivity contribution in [1.29, 1.82) is 5.26 Å². The van der Waals surface area contributed by atoms with Gasteiger partial charge in [0.1, 0.15) is 11.2 Å². The molecular weight excluding hydrogens is 238 g/mol. The Morgan fingerprint density at radius 2 is 2.11 bits per heavy atom. The maximum atomic E-state index is 12.1. The molecule has 1 atom stereocenters. The van der Waals surface area contributed by atoms with E-state index < -0.39 is 5.54 Å². The molecule has 4 heteroatoms. The molecule has 0 saturated heterocycles. The highest BCUT2D eigenvalue weighted by Crippen LogP contribution is 2.13. The number of benzene rings is 1. The topological polar surface area (TPSA) is 65.8 Å². The van der Waals surface area contributed by atoms with Crippen molar-refractivity contribution in [1.82, 2.24) is 10.3 Å². The molecule has 4 nitrogen and oxygen atoms in total. The summed E-state index contributed by atoms with van der Waals surface area (Å²) in [5, 5.41) is 12.8. The van der Waals surface area contributed by atoms with Crippen LogP contribution in [0.2, 0.25) is 0 Å². The van der Waals surface area contributed by atoms with Crippen LogP contribution in [0.15, 0.2) is 36.4 Å². The van der Waals surface area contributed by atoms with Gasteiger partial charge in [0.05, 0.1) is 11.6 Å². The van der Waals surface area contributed by atoms with Crippen molar-refractivity contribution >= 4 is 16.8 Å². The van der Waals surface area contributed by atoms with E-state index in [0.29, 0.717) is 12.1 Å². The van der Waals surface area contributed by atoms with Crippen molar-refractivity contribution in [2.75, 3.05) is 0 Å². The molecular formula is C15H15N3O. The molecule has 1 heterocycles. The number of fused-ring (bicyclic) bond motifs is 1. The number of nitrogens with zero attached hydrogens (tertiary/aromatic N) is 2. The van der Waals surface area contributed by atoms with Crippen molar-refractivity contribution < 1.29 is 4.79 Å². The van der Waals surface area contributed by atoms with Crippen LogP contribution in [-0.2, 0) is 0 Å². The fraction of sp³-hybridized carbons (Fsp3) is 0.267. The normalized spacial score (nSPS) is 13.5. The van der Waals surface area contributed by atoms with Crippen molar-refractivity contribution in [3.8, 4) is 6.07 Å². The van der Waals surface area contributed by atoms with Crippen molar-refractivity contribution in [3.05, 3.63) is 42.1 Å². The summed E-state index contributed by atoms with van der Waals surface area (Å²) < 4.78 is 0. The van der Waals surface area contributed by atoms with Gasteiger partial charge in [0.15, 0.2) is 0 Å². The van der Waals surface area contributed by atoms with Gasteiger partial charge in [-0.3, -0.25) is 4.79 Å². The van der Waals surface area contributed by atoms with Gasteiger partial charge in [-0.2, -0.15) is 5.26 Å². The number of amides is 1. The number of carbonyl (C=O) groups is 1. The maximum absolute atomic E-state index is 12.1. The molecule has 2 rings (SSSR count). The highest BCUT2D eigenvalue weighted by atomic mass is 16.2. The molecule has 0 spiro atoms.